The van der Waals surface area contributed by atoms with Crippen LogP contribution in [0.4, 0.5) is 0 Å². The van der Waals surface area contributed by atoms with E-state index >= 15 is 0 Å². The second kappa shape index (κ2) is 4.30. The number of aromatic nitrogens is 3. The third kappa shape index (κ3) is 1.82. The fourth-order valence-electron chi connectivity index (χ4n) is 1.78. The van der Waals surface area contributed by atoms with Crippen molar-refractivity contribution in [3.63, 3.8) is 0 Å². The summed E-state index contributed by atoms with van der Waals surface area (Å²) in [6, 6.07) is 5.14. The first-order chi connectivity index (χ1) is 8.54. The topological polar surface area (TPSA) is 91.8 Å². The number of nitriles is 1. The molecule has 90 valence electrons. The average molecular weight is 242 g/mol. The first-order valence-electron chi connectivity index (χ1n) is 5.20. The molecule has 2 aromatic heterocycles. The summed E-state index contributed by atoms with van der Waals surface area (Å²) in [6.07, 6.45) is 1.49. The minimum atomic E-state index is -1.02. The molecule has 2 rings (SSSR count). The monoisotopic (exact) mass is 242 g/mol. The lowest BCUT2D eigenvalue weighted by molar-refractivity contribution is 0.0695. The molecule has 0 spiro atoms. The molecule has 0 aromatic carbocycles. The Kier molecular flexibility index (Phi) is 2.81. The van der Waals surface area contributed by atoms with Gasteiger partial charge in [-0.05, 0) is 19.9 Å². The quantitative estimate of drug-likeness (QED) is 0.860. The van der Waals surface area contributed by atoms with Crippen molar-refractivity contribution in [1.29, 1.82) is 5.26 Å². The van der Waals surface area contributed by atoms with E-state index < -0.39 is 5.97 Å². The number of hydrogen-bond acceptors (Lipinski definition) is 4. The number of aromatic carboxylic acids is 1. The highest BCUT2D eigenvalue weighted by Gasteiger charge is 2.18. The molecule has 0 bridgehead atoms. The predicted octanol–water partition coefficient (Wildman–Crippen LogP) is 1.45. The van der Waals surface area contributed by atoms with Gasteiger partial charge in [-0.1, -0.05) is 0 Å². The van der Waals surface area contributed by atoms with E-state index in [0.717, 1.165) is 0 Å². The lowest BCUT2D eigenvalue weighted by Gasteiger charge is -2.03. The van der Waals surface area contributed by atoms with Gasteiger partial charge < -0.3 is 5.11 Å². The van der Waals surface area contributed by atoms with Gasteiger partial charge in [-0.3, -0.25) is 0 Å². The molecule has 0 saturated heterocycles. The molecule has 2 heterocycles. The van der Waals surface area contributed by atoms with Crippen LogP contribution in [0.15, 0.2) is 18.3 Å². The second-order valence-electron chi connectivity index (χ2n) is 3.78. The van der Waals surface area contributed by atoms with Gasteiger partial charge >= 0.3 is 5.97 Å². The van der Waals surface area contributed by atoms with Crippen LogP contribution >= 0.6 is 0 Å². The van der Waals surface area contributed by atoms with Gasteiger partial charge in [0, 0.05) is 12.3 Å². The molecule has 1 N–H and O–H groups in total. The average Bonchev–Trinajstić information content (AvgIpc) is 2.65. The Labute approximate surface area is 103 Å². The van der Waals surface area contributed by atoms with Crippen molar-refractivity contribution in [2.45, 2.75) is 13.8 Å². The van der Waals surface area contributed by atoms with E-state index in [1.807, 2.05) is 6.07 Å². The molecule has 0 amide bonds. The van der Waals surface area contributed by atoms with E-state index in [-0.39, 0.29) is 5.56 Å². The summed E-state index contributed by atoms with van der Waals surface area (Å²) >= 11 is 0. The number of hydrogen-bond donors (Lipinski definition) is 1. The van der Waals surface area contributed by atoms with E-state index in [1.54, 1.807) is 26.0 Å². The molecule has 0 radical (unpaired) electrons. The van der Waals surface area contributed by atoms with Crippen LogP contribution in [0, 0.1) is 25.2 Å². The van der Waals surface area contributed by atoms with Crippen molar-refractivity contribution in [2.75, 3.05) is 0 Å². The van der Waals surface area contributed by atoms with Crippen molar-refractivity contribution in [3.8, 4) is 11.9 Å². The zero-order valence-electron chi connectivity index (χ0n) is 9.88. The highest BCUT2D eigenvalue weighted by Crippen LogP contribution is 2.17. The molecule has 0 aliphatic rings. The van der Waals surface area contributed by atoms with Crippen LogP contribution in [0.3, 0.4) is 0 Å². The summed E-state index contributed by atoms with van der Waals surface area (Å²) in [6.45, 7) is 3.28. The van der Waals surface area contributed by atoms with E-state index in [2.05, 4.69) is 10.1 Å². The van der Waals surface area contributed by atoms with E-state index in [4.69, 9.17) is 10.4 Å². The maximum absolute atomic E-state index is 11.1. The van der Waals surface area contributed by atoms with Gasteiger partial charge in [0.2, 0.25) is 0 Å². The number of carboxylic acids is 1. The summed E-state index contributed by atoms with van der Waals surface area (Å²) in [5, 5.41) is 22.0. The Hall–Kier alpha value is -2.68. The number of nitrogens with zero attached hydrogens (tertiary/aromatic N) is 4. The first kappa shape index (κ1) is 11.8. The van der Waals surface area contributed by atoms with Gasteiger partial charge in [0.1, 0.15) is 5.56 Å². The molecule has 0 unspecified atom stereocenters. The maximum atomic E-state index is 11.1. The number of rotatable bonds is 2. The van der Waals surface area contributed by atoms with Gasteiger partial charge in [0.15, 0.2) is 5.82 Å². The van der Waals surface area contributed by atoms with Gasteiger partial charge in [0.25, 0.3) is 0 Å². The van der Waals surface area contributed by atoms with E-state index in [9.17, 15) is 4.79 Å². The molecule has 18 heavy (non-hydrogen) atoms. The molecule has 6 nitrogen and oxygen atoms in total. The highest BCUT2D eigenvalue weighted by molar-refractivity contribution is 5.90. The third-order valence-corrected chi connectivity index (χ3v) is 2.60. The fourth-order valence-corrected chi connectivity index (χ4v) is 1.78. The van der Waals surface area contributed by atoms with Crippen LogP contribution in [0.1, 0.15) is 27.3 Å². The van der Waals surface area contributed by atoms with Crippen molar-refractivity contribution in [3.05, 3.63) is 40.8 Å². The molecule has 0 atom stereocenters. The zero-order valence-corrected chi connectivity index (χ0v) is 9.88. The van der Waals surface area contributed by atoms with Crippen LogP contribution in [0.2, 0.25) is 0 Å². The summed E-state index contributed by atoms with van der Waals surface area (Å²) in [5.74, 6) is -0.588. The molecule has 0 fully saturated rings. The van der Waals surface area contributed by atoms with E-state index in [1.165, 1.54) is 10.9 Å². The van der Waals surface area contributed by atoms with Gasteiger partial charge in [-0.2, -0.15) is 10.4 Å². The van der Waals surface area contributed by atoms with Gasteiger partial charge in [0.05, 0.1) is 23.0 Å². The molecular formula is C12H10N4O2. The SMILES string of the molecule is Cc1nn(-c2cc(C#N)ccn2)c(C)c1C(=O)O. The molecular weight excluding hydrogens is 232 g/mol. The zero-order chi connectivity index (χ0) is 13.3. The Morgan fingerprint density at radius 1 is 1.50 bits per heavy atom. The summed E-state index contributed by atoms with van der Waals surface area (Å²) < 4.78 is 1.43. The smallest absolute Gasteiger partial charge is 0.339 e. The Balaban J connectivity index is 2.62. The fraction of sp³-hybridized carbons (Fsp3) is 0.167. The summed E-state index contributed by atoms with van der Waals surface area (Å²) in [4.78, 5) is 15.2. The largest absolute Gasteiger partial charge is 0.478 e. The summed E-state index contributed by atoms with van der Waals surface area (Å²) in [5.41, 5.74) is 1.52. The predicted molar refractivity (Wildman–Crippen MR) is 62.5 cm³/mol. The first-order valence-corrected chi connectivity index (χ1v) is 5.20. The Morgan fingerprint density at radius 2 is 2.22 bits per heavy atom. The Bertz CT molecular complexity index is 667. The van der Waals surface area contributed by atoms with Crippen molar-refractivity contribution in [1.82, 2.24) is 14.8 Å². The van der Waals surface area contributed by atoms with Crippen molar-refractivity contribution < 1.29 is 9.90 Å². The molecule has 6 heteroatoms. The van der Waals surface area contributed by atoms with Crippen LogP contribution in [-0.2, 0) is 0 Å². The Morgan fingerprint density at radius 3 is 2.78 bits per heavy atom. The molecule has 0 aliphatic heterocycles. The second-order valence-corrected chi connectivity index (χ2v) is 3.78. The normalized spacial score (nSPS) is 10.1. The molecule has 0 saturated carbocycles. The highest BCUT2D eigenvalue weighted by atomic mass is 16.4. The van der Waals surface area contributed by atoms with E-state index in [0.29, 0.717) is 22.8 Å². The molecule has 2 aromatic rings. The third-order valence-electron chi connectivity index (χ3n) is 2.60. The van der Waals surface area contributed by atoms with Crippen molar-refractivity contribution >= 4 is 5.97 Å². The van der Waals surface area contributed by atoms with Crippen LogP contribution in [0.5, 0.6) is 0 Å². The lowest BCUT2D eigenvalue weighted by atomic mass is 10.2. The lowest BCUT2D eigenvalue weighted by Crippen LogP contribution is -2.04. The number of pyridine rings is 1. The van der Waals surface area contributed by atoms with Crippen LogP contribution in [-0.4, -0.2) is 25.8 Å². The van der Waals surface area contributed by atoms with Crippen LogP contribution in [0.25, 0.3) is 5.82 Å². The maximum Gasteiger partial charge on any atom is 0.339 e. The minimum absolute atomic E-state index is 0.166. The number of carboxylic acid groups (broad SMARTS) is 1. The number of aryl methyl sites for hydroxylation is 1. The van der Waals surface area contributed by atoms with Gasteiger partial charge in [-0.15, -0.1) is 0 Å². The van der Waals surface area contributed by atoms with Gasteiger partial charge in [-0.25, -0.2) is 14.5 Å². The minimum Gasteiger partial charge on any atom is -0.478 e. The standard InChI is InChI=1S/C12H10N4O2/c1-7-11(12(17)18)8(2)16(15-7)10-5-9(6-13)3-4-14-10/h3-5H,1-2H3,(H,17,18). The number of carbonyl (C=O) groups is 1. The molecule has 0 aliphatic carbocycles. The summed E-state index contributed by atoms with van der Waals surface area (Å²) in [7, 11) is 0. The van der Waals surface area contributed by atoms with Crippen molar-refractivity contribution in [2.24, 2.45) is 0 Å². The van der Waals surface area contributed by atoms with Crippen LogP contribution < -0.4 is 0 Å².